The molecule has 1 atom stereocenters. The number of hydrogen-bond donors (Lipinski definition) is 1. The van der Waals surface area contributed by atoms with Crippen LogP contribution in [0.15, 0.2) is 48.5 Å². The highest BCUT2D eigenvalue weighted by Gasteiger charge is 2.34. The number of likely N-dealkylation sites (N-methyl/N-ethyl adjacent to an activating group) is 1. The number of alkyl halides is 3. The molecular formula is C23H26ClF3N4O2. The summed E-state index contributed by atoms with van der Waals surface area (Å²) in [6, 6.07) is 11.9. The number of carbonyl (C=O) groups is 2. The van der Waals surface area contributed by atoms with E-state index in [-0.39, 0.29) is 18.1 Å². The molecule has 1 aliphatic heterocycles. The lowest BCUT2D eigenvalue weighted by Gasteiger charge is -2.39. The molecule has 0 saturated carbocycles. The van der Waals surface area contributed by atoms with Gasteiger partial charge in [0.15, 0.2) is 0 Å². The van der Waals surface area contributed by atoms with E-state index in [1.807, 2.05) is 29.2 Å². The summed E-state index contributed by atoms with van der Waals surface area (Å²) in [5, 5.41) is 2.93. The summed E-state index contributed by atoms with van der Waals surface area (Å²) in [5.41, 5.74) is -0.242. The fraction of sp³-hybridized carbons (Fsp3) is 0.391. The van der Waals surface area contributed by atoms with E-state index < -0.39 is 23.7 Å². The van der Waals surface area contributed by atoms with Gasteiger partial charge in [-0.2, -0.15) is 13.2 Å². The van der Waals surface area contributed by atoms with Crippen molar-refractivity contribution in [3.05, 3.63) is 59.1 Å². The summed E-state index contributed by atoms with van der Waals surface area (Å²) in [6.45, 7) is 4.16. The Morgan fingerprint density at radius 2 is 1.76 bits per heavy atom. The summed E-state index contributed by atoms with van der Waals surface area (Å²) < 4.78 is 39.4. The molecule has 0 aliphatic carbocycles. The smallest absolute Gasteiger partial charge is 0.369 e. The van der Waals surface area contributed by atoms with Crippen LogP contribution in [0, 0.1) is 0 Å². The normalized spacial score (nSPS) is 15.8. The fourth-order valence-electron chi connectivity index (χ4n) is 3.84. The molecule has 1 saturated heterocycles. The molecule has 0 spiro atoms. The summed E-state index contributed by atoms with van der Waals surface area (Å²) in [4.78, 5) is 30.6. The Morgan fingerprint density at radius 1 is 1.09 bits per heavy atom. The molecule has 1 fully saturated rings. The Morgan fingerprint density at radius 3 is 2.39 bits per heavy atom. The lowest BCUT2D eigenvalue weighted by Crippen LogP contribution is -2.54. The molecule has 1 heterocycles. The number of amides is 2. The standard InChI is InChI=1S/C23H26ClF3N4O2/c1-16(30-10-12-31(13-11-30)18-7-5-6-17(24)14-18)22(33)29(2)15-21(32)28-20-9-4-3-8-19(20)23(25,26)27/h3-9,14,16H,10-13,15H2,1-2H3,(H,28,32)/t16-/m1/s1. The monoisotopic (exact) mass is 482 g/mol. The molecule has 0 aromatic heterocycles. The van der Waals surface area contributed by atoms with Crippen molar-refractivity contribution in [2.75, 3.05) is 50.0 Å². The van der Waals surface area contributed by atoms with Gasteiger partial charge in [-0.25, -0.2) is 0 Å². The van der Waals surface area contributed by atoms with Gasteiger partial charge in [-0.3, -0.25) is 14.5 Å². The molecule has 1 aliphatic rings. The molecule has 10 heteroatoms. The molecule has 2 aromatic rings. The SMILES string of the molecule is C[C@H](C(=O)N(C)CC(=O)Nc1ccccc1C(F)(F)F)N1CCN(c2cccc(Cl)c2)CC1. The molecule has 178 valence electrons. The highest BCUT2D eigenvalue weighted by molar-refractivity contribution is 6.30. The maximum atomic E-state index is 13.1. The van der Waals surface area contributed by atoms with Crippen molar-refractivity contribution < 1.29 is 22.8 Å². The van der Waals surface area contributed by atoms with Crippen LogP contribution in [-0.4, -0.2) is 67.4 Å². The average molecular weight is 483 g/mol. The second-order valence-corrected chi connectivity index (χ2v) is 8.40. The molecule has 0 unspecified atom stereocenters. The highest BCUT2D eigenvalue weighted by Crippen LogP contribution is 2.34. The Hall–Kier alpha value is -2.78. The van der Waals surface area contributed by atoms with Gasteiger partial charge in [-0.1, -0.05) is 29.8 Å². The molecule has 1 N–H and O–H groups in total. The maximum absolute atomic E-state index is 13.1. The molecule has 33 heavy (non-hydrogen) atoms. The Labute approximate surface area is 195 Å². The van der Waals surface area contributed by atoms with Crippen molar-refractivity contribution in [3.63, 3.8) is 0 Å². The minimum Gasteiger partial charge on any atom is -0.369 e. The van der Waals surface area contributed by atoms with E-state index >= 15 is 0 Å². The van der Waals surface area contributed by atoms with Crippen LogP contribution < -0.4 is 10.2 Å². The summed E-state index contributed by atoms with van der Waals surface area (Å²) in [6.07, 6.45) is -4.59. The Bertz CT molecular complexity index is 994. The number of para-hydroxylation sites is 1. The number of piperazine rings is 1. The Balaban J connectivity index is 1.53. The molecule has 2 aromatic carbocycles. The second kappa shape index (κ2) is 10.4. The van der Waals surface area contributed by atoms with Crippen LogP contribution in [0.3, 0.4) is 0 Å². The molecule has 2 amide bonds. The van der Waals surface area contributed by atoms with Gasteiger partial charge in [-0.15, -0.1) is 0 Å². The summed E-state index contributed by atoms with van der Waals surface area (Å²) >= 11 is 6.07. The lowest BCUT2D eigenvalue weighted by molar-refractivity contribution is -0.138. The van der Waals surface area contributed by atoms with Gasteiger partial charge >= 0.3 is 6.18 Å². The zero-order valence-corrected chi connectivity index (χ0v) is 19.2. The van der Waals surface area contributed by atoms with Gasteiger partial charge < -0.3 is 15.1 Å². The predicted molar refractivity (Wildman–Crippen MR) is 122 cm³/mol. The fourth-order valence-corrected chi connectivity index (χ4v) is 4.02. The van der Waals surface area contributed by atoms with Crippen molar-refractivity contribution >= 4 is 34.8 Å². The molecule has 3 rings (SSSR count). The van der Waals surface area contributed by atoms with Gasteiger partial charge in [0.25, 0.3) is 0 Å². The first-order chi connectivity index (χ1) is 15.6. The first kappa shape index (κ1) is 24.9. The topological polar surface area (TPSA) is 55.9 Å². The number of carbonyl (C=O) groups excluding carboxylic acids is 2. The van der Waals surface area contributed by atoms with E-state index in [0.29, 0.717) is 18.1 Å². The van der Waals surface area contributed by atoms with Crippen molar-refractivity contribution in [2.24, 2.45) is 0 Å². The number of halogens is 4. The number of benzene rings is 2. The van der Waals surface area contributed by atoms with E-state index in [9.17, 15) is 22.8 Å². The van der Waals surface area contributed by atoms with Crippen molar-refractivity contribution in [2.45, 2.75) is 19.1 Å². The van der Waals surface area contributed by atoms with E-state index in [1.165, 1.54) is 30.1 Å². The van der Waals surface area contributed by atoms with Gasteiger partial charge in [-0.05, 0) is 37.3 Å². The zero-order chi connectivity index (χ0) is 24.2. The third kappa shape index (κ3) is 6.39. The second-order valence-electron chi connectivity index (χ2n) is 7.96. The maximum Gasteiger partial charge on any atom is 0.418 e. The van der Waals surface area contributed by atoms with Crippen molar-refractivity contribution in [1.82, 2.24) is 9.80 Å². The van der Waals surface area contributed by atoms with Crippen LogP contribution in [0.2, 0.25) is 5.02 Å². The van der Waals surface area contributed by atoms with Crippen LogP contribution in [0.25, 0.3) is 0 Å². The third-order valence-electron chi connectivity index (χ3n) is 5.66. The minimum atomic E-state index is -4.59. The zero-order valence-electron chi connectivity index (χ0n) is 18.4. The van der Waals surface area contributed by atoms with Crippen LogP contribution >= 0.6 is 11.6 Å². The predicted octanol–water partition coefficient (Wildman–Crippen LogP) is 3.97. The number of nitrogens with one attached hydrogen (secondary N) is 1. The number of anilines is 2. The van der Waals surface area contributed by atoms with E-state index in [1.54, 1.807) is 6.92 Å². The number of rotatable bonds is 6. The first-order valence-electron chi connectivity index (χ1n) is 10.5. The average Bonchev–Trinajstić information content (AvgIpc) is 2.77. The van der Waals surface area contributed by atoms with Crippen LogP contribution in [-0.2, 0) is 15.8 Å². The van der Waals surface area contributed by atoms with E-state index in [0.717, 1.165) is 24.8 Å². The van der Waals surface area contributed by atoms with Gasteiger partial charge in [0.1, 0.15) is 0 Å². The van der Waals surface area contributed by atoms with Crippen LogP contribution in [0.4, 0.5) is 24.5 Å². The molecule has 0 radical (unpaired) electrons. The number of nitrogens with zero attached hydrogens (tertiary/aromatic N) is 3. The third-order valence-corrected chi connectivity index (χ3v) is 5.89. The van der Waals surface area contributed by atoms with Gasteiger partial charge in [0.05, 0.1) is 23.8 Å². The van der Waals surface area contributed by atoms with E-state index in [2.05, 4.69) is 10.2 Å². The van der Waals surface area contributed by atoms with Gasteiger partial charge in [0.2, 0.25) is 11.8 Å². The number of hydrogen-bond acceptors (Lipinski definition) is 4. The highest BCUT2D eigenvalue weighted by atomic mass is 35.5. The summed E-state index contributed by atoms with van der Waals surface area (Å²) in [7, 11) is 1.47. The summed E-state index contributed by atoms with van der Waals surface area (Å²) in [5.74, 6) is -0.967. The largest absolute Gasteiger partial charge is 0.418 e. The van der Waals surface area contributed by atoms with E-state index in [4.69, 9.17) is 11.6 Å². The van der Waals surface area contributed by atoms with Gasteiger partial charge in [0, 0.05) is 43.9 Å². The van der Waals surface area contributed by atoms with Crippen LogP contribution in [0.5, 0.6) is 0 Å². The first-order valence-corrected chi connectivity index (χ1v) is 10.9. The van der Waals surface area contributed by atoms with Crippen molar-refractivity contribution in [1.29, 1.82) is 0 Å². The molecule has 6 nitrogen and oxygen atoms in total. The lowest BCUT2D eigenvalue weighted by atomic mass is 10.1. The van der Waals surface area contributed by atoms with Crippen molar-refractivity contribution in [3.8, 4) is 0 Å². The quantitative estimate of drug-likeness (QED) is 0.677. The molecular weight excluding hydrogens is 457 g/mol. The molecule has 0 bridgehead atoms. The Kier molecular flexibility index (Phi) is 7.86. The van der Waals surface area contributed by atoms with Crippen LogP contribution in [0.1, 0.15) is 12.5 Å². The minimum absolute atomic E-state index is 0.273.